The van der Waals surface area contributed by atoms with E-state index in [2.05, 4.69) is 5.32 Å². The number of ether oxygens (including phenoxy) is 1. The number of rotatable bonds is 6. The first-order valence-corrected chi connectivity index (χ1v) is 9.02. The number of ketones is 1. The number of hydrogen-bond acceptors (Lipinski definition) is 4. The molecule has 5 nitrogen and oxygen atoms in total. The molecule has 0 aromatic heterocycles. The SMILES string of the molecule is O=C(Nc1ccc(Oc2ccccc2)cc1)[C@H]1CCCN1/C=C/C(=O)C(F)(F)F. The normalized spacial score (nSPS) is 16.8. The number of para-hydroxylation sites is 1. The minimum absolute atomic E-state index is 0.344. The molecule has 1 N–H and O–H groups in total. The van der Waals surface area contributed by atoms with Crippen molar-refractivity contribution in [1.29, 1.82) is 0 Å². The molecule has 0 bridgehead atoms. The van der Waals surface area contributed by atoms with Crippen molar-refractivity contribution in [2.24, 2.45) is 0 Å². The molecule has 1 fully saturated rings. The summed E-state index contributed by atoms with van der Waals surface area (Å²) in [7, 11) is 0. The van der Waals surface area contributed by atoms with Crippen molar-refractivity contribution in [2.45, 2.75) is 25.1 Å². The van der Waals surface area contributed by atoms with Gasteiger partial charge < -0.3 is 15.0 Å². The van der Waals surface area contributed by atoms with E-state index in [-0.39, 0.29) is 5.91 Å². The molecular formula is C21H19F3N2O3. The van der Waals surface area contributed by atoms with E-state index >= 15 is 0 Å². The maximum Gasteiger partial charge on any atom is 0.454 e. The van der Waals surface area contributed by atoms with Gasteiger partial charge >= 0.3 is 6.18 Å². The maximum atomic E-state index is 12.5. The topological polar surface area (TPSA) is 58.6 Å². The van der Waals surface area contributed by atoms with Crippen LogP contribution >= 0.6 is 0 Å². The summed E-state index contributed by atoms with van der Waals surface area (Å²) in [5.41, 5.74) is 0.539. The molecule has 1 saturated heterocycles. The molecule has 1 atom stereocenters. The predicted octanol–water partition coefficient (Wildman–Crippen LogP) is 4.53. The molecule has 0 aliphatic carbocycles. The Morgan fingerprint density at radius 3 is 2.34 bits per heavy atom. The van der Waals surface area contributed by atoms with Crippen LogP contribution in [0.2, 0.25) is 0 Å². The average molecular weight is 404 g/mol. The third-order valence-corrected chi connectivity index (χ3v) is 4.39. The summed E-state index contributed by atoms with van der Waals surface area (Å²) in [6, 6.07) is 15.4. The van der Waals surface area contributed by atoms with Gasteiger partial charge in [0.25, 0.3) is 5.78 Å². The van der Waals surface area contributed by atoms with Gasteiger partial charge in [-0.05, 0) is 49.2 Å². The number of amides is 1. The fourth-order valence-corrected chi connectivity index (χ4v) is 2.96. The summed E-state index contributed by atoms with van der Waals surface area (Å²) >= 11 is 0. The molecule has 0 unspecified atom stereocenters. The molecule has 3 rings (SSSR count). The molecule has 0 spiro atoms. The van der Waals surface area contributed by atoms with E-state index in [1.807, 2.05) is 30.3 Å². The summed E-state index contributed by atoms with van der Waals surface area (Å²) < 4.78 is 42.7. The van der Waals surface area contributed by atoms with E-state index in [1.54, 1.807) is 24.3 Å². The van der Waals surface area contributed by atoms with Crippen LogP contribution in [0.1, 0.15) is 12.8 Å². The number of carbonyl (C=O) groups excluding carboxylic acids is 2. The van der Waals surface area contributed by atoms with Crippen LogP contribution in [0.15, 0.2) is 66.9 Å². The average Bonchev–Trinajstić information content (AvgIpc) is 3.16. The van der Waals surface area contributed by atoms with E-state index in [0.717, 1.165) is 6.20 Å². The molecule has 2 aromatic rings. The lowest BCUT2D eigenvalue weighted by molar-refractivity contribution is -0.165. The number of nitrogens with zero attached hydrogens (tertiary/aromatic N) is 1. The molecule has 1 aliphatic rings. The predicted molar refractivity (Wildman–Crippen MR) is 102 cm³/mol. The van der Waals surface area contributed by atoms with Crippen molar-refractivity contribution in [3.8, 4) is 11.5 Å². The van der Waals surface area contributed by atoms with Gasteiger partial charge in [-0.1, -0.05) is 18.2 Å². The molecule has 1 amide bonds. The molecule has 152 valence electrons. The quantitative estimate of drug-likeness (QED) is 0.719. The minimum Gasteiger partial charge on any atom is -0.457 e. The van der Waals surface area contributed by atoms with Crippen molar-refractivity contribution in [3.05, 3.63) is 66.9 Å². The first-order valence-electron chi connectivity index (χ1n) is 9.02. The molecule has 0 radical (unpaired) electrons. The smallest absolute Gasteiger partial charge is 0.454 e. The van der Waals surface area contributed by atoms with Gasteiger partial charge in [-0.15, -0.1) is 0 Å². The van der Waals surface area contributed by atoms with Crippen molar-refractivity contribution in [2.75, 3.05) is 11.9 Å². The summed E-state index contributed by atoms with van der Waals surface area (Å²) in [5.74, 6) is -1.00. The molecule has 8 heteroatoms. The number of benzene rings is 2. The van der Waals surface area contributed by atoms with Crippen molar-refractivity contribution in [1.82, 2.24) is 4.90 Å². The number of allylic oxidation sites excluding steroid dienone is 1. The number of halogens is 3. The third kappa shape index (κ3) is 5.60. The van der Waals surface area contributed by atoms with E-state index < -0.39 is 18.0 Å². The second kappa shape index (κ2) is 8.81. The Balaban J connectivity index is 1.59. The Morgan fingerprint density at radius 1 is 1.03 bits per heavy atom. The second-order valence-electron chi connectivity index (χ2n) is 6.50. The van der Waals surface area contributed by atoms with Crippen LogP contribution in [0.4, 0.5) is 18.9 Å². The summed E-state index contributed by atoms with van der Waals surface area (Å²) in [6.45, 7) is 0.406. The number of likely N-dealkylation sites (tertiary alicyclic amines) is 1. The van der Waals surface area contributed by atoms with E-state index in [1.165, 1.54) is 4.90 Å². The lowest BCUT2D eigenvalue weighted by Gasteiger charge is -2.22. The van der Waals surface area contributed by atoms with Crippen LogP contribution in [0.5, 0.6) is 11.5 Å². The first-order chi connectivity index (χ1) is 13.8. The van der Waals surface area contributed by atoms with Crippen LogP contribution in [-0.2, 0) is 9.59 Å². The Bertz CT molecular complexity index is 880. The van der Waals surface area contributed by atoms with Crippen LogP contribution in [0.25, 0.3) is 0 Å². The second-order valence-corrected chi connectivity index (χ2v) is 6.50. The fourth-order valence-electron chi connectivity index (χ4n) is 2.96. The van der Waals surface area contributed by atoms with Crippen LogP contribution < -0.4 is 10.1 Å². The lowest BCUT2D eigenvalue weighted by atomic mass is 10.2. The molecule has 2 aromatic carbocycles. The zero-order valence-corrected chi connectivity index (χ0v) is 15.4. The van der Waals surface area contributed by atoms with E-state index in [9.17, 15) is 22.8 Å². The van der Waals surface area contributed by atoms with Crippen LogP contribution in [0.3, 0.4) is 0 Å². The van der Waals surface area contributed by atoms with Crippen molar-refractivity contribution in [3.63, 3.8) is 0 Å². The van der Waals surface area contributed by atoms with Gasteiger partial charge in [-0.3, -0.25) is 9.59 Å². The number of anilines is 1. The zero-order chi connectivity index (χ0) is 20.9. The monoisotopic (exact) mass is 404 g/mol. The van der Waals surface area contributed by atoms with Crippen molar-refractivity contribution < 1.29 is 27.5 Å². The standard InChI is InChI=1S/C21H19F3N2O3/c22-21(23,24)19(27)12-14-26-13-4-7-18(26)20(28)25-15-8-10-17(11-9-15)29-16-5-2-1-3-6-16/h1-3,5-6,8-12,14,18H,4,7,13H2,(H,25,28)/b14-12+/t18-/m1/s1. The highest BCUT2D eigenvalue weighted by Crippen LogP contribution is 2.24. The van der Waals surface area contributed by atoms with Gasteiger partial charge in [0.1, 0.15) is 17.5 Å². The van der Waals surface area contributed by atoms with E-state index in [0.29, 0.717) is 42.6 Å². The van der Waals surface area contributed by atoms with Gasteiger partial charge in [0.15, 0.2) is 0 Å². The Kier molecular flexibility index (Phi) is 6.21. The summed E-state index contributed by atoms with van der Waals surface area (Å²) in [5, 5.41) is 2.75. The van der Waals surface area contributed by atoms with Gasteiger partial charge in [0, 0.05) is 24.5 Å². The number of alkyl halides is 3. The molecule has 0 saturated carbocycles. The highest BCUT2D eigenvalue weighted by Gasteiger charge is 2.37. The van der Waals surface area contributed by atoms with Gasteiger partial charge in [0.05, 0.1) is 0 Å². The molecular weight excluding hydrogens is 385 g/mol. The zero-order valence-electron chi connectivity index (χ0n) is 15.4. The van der Waals surface area contributed by atoms with Gasteiger partial charge in [-0.25, -0.2) is 0 Å². The molecule has 29 heavy (non-hydrogen) atoms. The Morgan fingerprint density at radius 2 is 1.69 bits per heavy atom. The Hall–Kier alpha value is -3.29. The van der Waals surface area contributed by atoms with Crippen LogP contribution in [-0.4, -0.2) is 35.4 Å². The highest BCUT2D eigenvalue weighted by molar-refractivity contribution is 5.96. The maximum absolute atomic E-state index is 12.5. The number of hydrogen-bond donors (Lipinski definition) is 1. The minimum atomic E-state index is -4.92. The lowest BCUT2D eigenvalue weighted by Crippen LogP contribution is -2.36. The molecule has 1 heterocycles. The summed E-state index contributed by atoms with van der Waals surface area (Å²) in [6.07, 6.45) is -2.28. The highest BCUT2D eigenvalue weighted by atomic mass is 19.4. The number of carbonyl (C=O) groups is 2. The first kappa shape index (κ1) is 20.4. The fraction of sp³-hybridized carbons (Fsp3) is 0.238. The van der Waals surface area contributed by atoms with Gasteiger partial charge in [-0.2, -0.15) is 13.2 Å². The number of nitrogens with one attached hydrogen (secondary N) is 1. The third-order valence-electron chi connectivity index (χ3n) is 4.39. The largest absolute Gasteiger partial charge is 0.457 e. The van der Waals surface area contributed by atoms with Gasteiger partial charge in [0.2, 0.25) is 5.91 Å². The van der Waals surface area contributed by atoms with Crippen LogP contribution in [0, 0.1) is 0 Å². The summed E-state index contributed by atoms with van der Waals surface area (Å²) in [4.78, 5) is 25.0. The Labute approximate surface area is 165 Å². The molecule has 1 aliphatic heterocycles. The van der Waals surface area contributed by atoms with Crippen molar-refractivity contribution >= 4 is 17.4 Å². The van der Waals surface area contributed by atoms with E-state index in [4.69, 9.17) is 4.74 Å².